The van der Waals surface area contributed by atoms with Gasteiger partial charge in [-0.15, -0.1) is 0 Å². The highest BCUT2D eigenvalue weighted by Gasteiger charge is 2.58. The number of unbranched alkanes of at least 4 members (excludes halogenated alkanes) is 6. The van der Waals surface area contributed by atoms with Gasteiger partial charge in [0.1, 0.15) is 11.5 Å². The molecule has 0 amide bonds. The van der Waals surface area contributed by atoms with Gasteiger partial charge in [0, 0.05) is 11.5 Å². The lowest BCUT2D eigenvalue weighted by Crippen LogP contribution is -2.31. The lowest BCUT2D eigenvalue weighted by Gasteiger charge is -2.32. The SMILES string of the molecule is C=C(C)[C@@H]1CCC(C)=C[C@H]1c1c(O)cc(CCCCC)cc1OC(=O)C1(OP(=O)(O)OCCCCCCC)CC1. The van der Waals surface area contributed by atoms with Crippen LogP contribution in [0.15, 0.2) is 35.9 Å². The molecule has 0 aliphatic heterocycles. The van der Waals surface area contributed by atoms with E-state index >= 15 is 0 Å². The van der Waals surface area contributed by atoms with Crippen LogP contribution in [-0.4, -0.2) is 28.2 Å². The van der Waals surface area contributed by atoms with Crippen LogP contribution < -0.4 is 4.74 Å². The zero-order chi connectivity index (χ0) is 29.3. The molecule has 2 aliphatic rings. The second kappa shape index (κ2) is 14.8. The molecule has 3 rings (SSSR count). The van der Waals surface area contributed by atoms with Gasteiger partial charge in [0.2, 0.25) is 0 Å². The highest BCUT2D eigenvalue weighted by Crippen LogP contribution is 2.56. The molecule has 1 aromatic rings. The van der Waals surface area contributed by atoms with E-state index in [-0.39, 0.29) is 42.8 Å². The Hall–Kier alpha value is -1.92. The van der Waals surface area contributed by atoms with Crippen molar-refractivity contribution in [3.63, 3.8) is 0 Å². The maximum Gasteiger partial charge on any atom is 0.473 e. The van der Waals surface area contributed by atoms with Crippen LogP contribution in [0.1, 0.15) is 122 Å². The van der Waals surface area contributed by atoms with Gasteiger partial charge >= 0.3 is 13.8 Å². The largest absolute Gasteiger partial charge is 0.507 e. The van der Waals surface area contributed by atoms with Crippen LogP contribution >= 0.6 is 7.82 Å². The number of ether oxygens (including phenoxy) is 1. The van der Waals surface area contributed by atoms with Crippen molar-refractivity contribution in [2.75, 3.05) is 6.61 Å². The monoisotopic (exact) mass is 576 g/mol. The molecule has 224 valence electrons. The number of carbonyl (C=O) groups is 1. The van der Waals surface area contributed by atoms with Gasteiger partial charge < -0.3 is 14.7 Å². The first kappa shape index (κ1) is 32.6. The number of phenolic OH excluding ortho intramolecular Hbond substituents is 1. The lowest BCUT2D eigenvalue weighted by molar-refractivity contribution is -0.145. The molecule has 0 radical (unpaired) electrons. The van der Waals surface area contributed by atoms with Gasteiger partial charge in [-0.05, 0) is 82.4 Å². The molecule has 8 heteroatoms. The van der Waals surface area contributed by atoms with Gasteiger partial charge in [-0.1, -0.05) is 76.2 Å². The van der Waals surface area contributed by atoms with Gasteiger partial charge in [0.25, 0.3) is 0 Å². The summed E-state index contributed by atoms with van der Waals surface area (Å²) in [7, 11) is -4.44. The van der Waals surface area contributed by atoms with Crippen LogP contribution in [0.5, 0.6) is 11.5 Å². The topological polar surface area (TPSA) is 102 Å². The molecule has 1 saturated carbocycles. The van der Waals surface area contributed by atoms with Crippen LogP contribution in [0.3, 0.4) is 0 Å². The Bertz CT molecular complexity index is 1100. The third-order valence-corrected chi connectivity index (χ3v) is 9.12. The summed E-state index contributed by atoms with van der Waals surface area (Å²) in [5, 5.41) is 11.3. The van der Waals surface area contributed by atoms with E-state index in [1.165, 1.54) is 5.57 Å². The maximum absolute atomic E-state index is 13.5. The summed E-state index contributed by atoms with van der Waals surface area (Å²) in [5.41, 5.74) is 2.12. The normalized spacial score (nSPS) is 21.4. The van der Waals surface area contributed by atoms with Crippen molar-refractivity contribution in [2.24, 2.45) is 5.92 Å². The molecule has 1 fully saturated rings. The minimum absolute atomic E-state index is 0.0870. The van der Waals surface area contributed by atoms with E-state index in [0.29, 0.717) is 12.0 Å². The number of aryl methyl sites for hydroxylation is 1. The van der Waals surface area contributed by atoms with Gasteiger partial charge in [-0.3, -0.25) is 9.05 Å². The Labute approximate surface area is 240 Å². The Balaban J connectivity index is 1.83. The quantitative estimate of drug-likeness (QED) is 0.0629. The minimum Gasteiger partial charge on any atom is -0.507 e. The van der Waals surface area contributed by atoms with E-state index in [1.807, 2.05) is 13.0 Å². The summed E-state index contributed by atoms with van der Waals surface area (Å²) in [6, 6.07) is 3.60. The standard InChI is InChI=1S/C32H49O7P/c1-6-8-10-11-13-19-37-40(35,36)39-32(17-18-32)31(34)38-29-22-25(14-12-9-7-2)21-28(33)30(29)27-20-24(5)15-16-26(27)23(3)4/h20-22,26-27,33H,3,6-19H2,1-2,4-5H3,(H,35,36)/t26-,27+/m0/s1. The molecule has 2 aliphatic carbocycles. The van der Waals surface area contributed by atoms with Gasteiger partial charge in [-0.2, -0.15) is 0 Å². The predicted molar refractivity (Wildman–Crippen MR) is 159 cm³/mol. The molecule has 2 N–H and O–H groups in total. The van der Waals surface area contributed by atoms with E-state index in [1.54, 1.807) is 6.07 Å². The van der Waals surface area contributed by atoms with Crippen molar-refractivity contribution in [3.05, 3.63) is 47.1 Å². The van der Waals surface area contributed by atoms with E-state index in [0.717, 1.165) is 75.3 Å². The van der Waals surface area contributed by atoms with Crippen LogP contribution in [0.25, 0.3) is 0 Å². The van der Waals surface area contributed by atoms with Gasteiger partial charge in [-0.25, -0.2) is 9.36 Å². The number of hydrogen-bond acceptors (Lipinski definition) is 6. The molecule has 3 atom stereocenters. The van der Waals surface area contributed by atoms with Crippen molar-refractivity contribution in [1.82, 2.24) is 0 Å². The zero-order valence-corrected chi connectivity index (χ0v) is 25.8. The molecular formula is C32H49O7P. The number of rotatable bonds is 17. The van der Waals surface area contributed by atoms with Crippen LogP contribution in [-0.2, 0) is 24.8 Å². The molecule has 7 nitrogen and oxygen atoms in total. The Kier molecular flexibility index (Phi) is 12.1. The molecule has 40 heavy (non-hydrogen) atoms. The first-order valence-electron chi connectivity index (χ1n) is 15.1. The van der Waals surface area contributed by atoms with Crippen LogP contribution in [0.2, 0.25) is 0 Å². The molecule has 1 aromatic carbocycles. The van der Waals surface area contributed by atoms with Crippen molar-refractivity contribution in [3.8, 4) is 11.5 Å². The highest BCUT2D eigenvalue weighted by atomic mass is 31.2. The summed E-state index contributed by atoms with van der Waals surface area (Å²) >= 11 is 0. The number of benzene rings is 1. The molecule has 0 saturated heterocycles. The van der Waals surface area contributed by atoms with Crippen molar-refractivity contribution >= 4 is 13.8 Å². The average molecular weight is 577 g/mol. The maximum atomic E-state index is 13.5. The van der Waals surface area contributed by atoms with E-state index in [4.69, 9.17) is 13.8 Å². The smallest absolute Gasteiger partial charge is 0.473 e. The first-order valence-corrected chi connectivity index (χ1v) is 16.6. The summed E-state index contributed by atoms with van der Waals surface area (Å²) in [4.78, 5) is 23.8. The number of hydrogen-bond donors (Lipinski definition) is 2. The van der Waals surface area contributed by atoms with Gasteiger partial charge in [0.05, 0.1) is 6.61 Å². The molecule has 0 spiro atoms. The average Bonchev–Trinajstić information content (AvgIpc) is 3.66. The van der Waals surface area contributed by atoms with Gasteiger partial charge in [0.15, 0.2) is 5.60 Å². The number of phenols is 1. The molecule has 0 bridgehead atoms. The number of aromatic hydroxyl groups is 1. The number of carbonyl (C=O) groups excluding carboxylic acids is 1. The molecular weight excluding hydrogens is 527 g/mol. The minimum atomic E-state index is -4.44. The lowest BCUT2D eigenvalue weighted by atomic mass is 9.73. The van der Waals surface area contributed by atoms with E-state index < -0.39 is 19.4 Å². The van der Waals surface area contributed by atoms with Crippen molar-refractivity contribution < 1.29 is 33.1 Å². The number of esters is 1. The molecule has 0 aromatic heterocycles. The summed E-state index contributed by atoms with van der Waals surface area (Å²) in [5.74, 6) is -0.479. The fourth-order valence-electron chi connectivity index (χ4n) is 5.49. The van der Waals surface area contributed by atoms with E-state index in [9.17, 15) is 19.4 Å². The molecule has 0 heterocycles. The Morgan fingerprint density at radius 1 is 1.10 bits per heavy atom. The van der Waals surface area contributed by atoms with Crippen molar-refractivity contribution in [1.29, 1.82) is 0 Å². The summed E-state index contributed by atoms with van der Waals surface area (Å²) in [6.45, 7) is 12.6. The second-order valence-corrected chi connectivity index (χ2v) is 13.1. The van der Waals surface area contributed by atoms with Crippen LogP contribution in [0.4, 0.5) is 0 Å². The predicted octanol–water partition coefficient (Wildman–Crippen LogP) is 8.68. The van der Waals surface area contributed by atoms with Crippen molar-refractivity contribution in [2.45, 2.75) is 123 Å². The second-order valence-electron chi connectivity index (χ2n) is 11.7. The first-order chi connectivity index (χ1) is 19.0. The Morgan fingerprint density at radius 3 is 2.42 bits per heavy atom. The number of phosphoric ester groups is 1. The summed E-state index contributed by atoms with van der Waals surface area (Å²) < 4.78 is 29.2. The fraction of sp³-hybridized carbons (Fsp3) is 0.656. The van der Waals surface area contributed by atoms with E-state index in [2.05, 4.69) is 33.4 Å². The Morgan fingerprint density at radius 2 is 1.77 bits per heavy atom. The number of phosphoric acid groups is 1. The third kappa shape index (κ3) is 9.04. The zero-order valence-electron chi connectivity index (χ0n) is 24.9. The number of allylic oxidation sites excluding steroid dienone is 3. The summed E-state index contributed by atoms with van der Waals surface area (Å²) in [6.07, 6.45) is 13.2. The van der Waals surface area contributed by atoms with Crippen LogP contribution in [0, 0.1) is 5.92 Å². The third-order valence-electron chi connectivity index (χ3n) is 8.03. The molecule has 1 unspecified atom stereocenters. The fourth-order valence-corrected chi connectivity index (χ4v) is 6.60. The highest BCUT2D eigenvalue weighted by molar-refractivity contribution is 7.47.